The Kier molecular flexibility index (Phi) is 5.94. The SMILES string of the molecule is CN(Cc1ccccc1)C(=O)[C@@H]1CCN(c2ccccc2Cc2ccccc2)C1=O. The summed E-state index contributed by atoms with van der Waals surface area (Å²) in [5, 5.41) is 0. The van der Waals surface area contributed by atoms with Crippen LogP contribution in [-0.2, 0) is 22.6 Å². The molecule has 4 rings (SSSR count). The average molecular weight is 399 g/mol. The van der Waals surface area contributed by atoms with Gasteiger partial charge in [0, 0.05) is 25.8 Å². The standard InChI is InChI=1S/C26H26N2O2/c1-27(19-21-12-6-3-7-13-21)25(29)23-16-17-28(26(23)30)24-15-9-8-14-22(24)18-20-10-4-2-5-11-20/h2-15,23H,16-19H2,1H3/t23-/m0/s1. The summed E-state index contributed by atoms with van der Waals surface area (Å²) in [4.78, 5) is 29.6. The number of rotatable bonds is 6. The molecule has 4 nitrogen and oxygen atoms in total. The second-order valence-electron chi connectivity index (χ2n) is 7.80. The number of benzene rings is 3. The van der Waals surface area contributed by atoms with E-state index in [2.05, 4.69) is 18.2 Å². The van der Waals surface area contributed by atoms with E-state index in [0.29, 0.717) is 19.5 Å². The molecule has 3 aromatic carbocycles. The molecule has 1 fully saturated rings. The van der Waals surface area contributed by atoms with Crippen molar-refractivity contribution in [3.63, 3.8) is 0 Å². The van der Waals surface area contributed by atoms with Crippen molar-refractivity contribution in [1.82, 2.24) is 4.90 Å². The maximum Gasteiger partial charge on any atom is 0.239 e. The molecule has 30 heavy (non-hydrogen) atoms. The predicted octanol–water partition coefficient (Wildman–Crippen LogP) is 4.29. The molecule has 0 saturated carbocycles. The molecule has 0 bridgehead atoms. The Labute approximate surface area is 177 Å². The molecule has 152 valence electrons. The van der Waals surface area contributed by atoms with E-state index in [0.717, 1.165) is 23.2 Å². The first kappa shape index (κ1) is 19.9. The summed E-state index contributed by atoms with van der Waals surface area (Å²) in [7, 11) is 1.77. The normalized spacial score (nSPS) is 16.0. The van der Waals surface area contributed by atoms with Crippen LogP contribution in [0.2, 0.25) is 0 Å². The summed E-state index contributed by atoms with van der Waals surface area (Å²) in [6.07, 6.45) is 1.31. The highest BCUT2D eigenvalue weighted by Crippen LogP contribution is 2.30. The Bertz CT molecular complexity index is 1020. The van der Waals surface area contributed by atoms with Crippen molar-refractivity contribution in [2.75, 3.05) is 18.5 Å². The molecule has 1 heterocycles. The van der Waals surface area contributed by atoms with E-state index in [1.165, 1.54) is 5.56 Å². The summed E-state index contributed by atoms with van der Waals surface area (Å²) in [5.74, 6) is -0.809. The first-order chi connectivity index (χ1) is 14.6. The maximum atomic E-state index is 13.2. The van der Waals surface area contributed by atoms with Gasteiger partial charge in [0.05, 0.1) is 0 Å². The molecule has 1 aliphatic heterocycles. The summed E-state index contributed by atoms with van der Waals surface area (Å²) in [6.45, 7) is 1.08. The van der Waals surface area contributed by atoms with Crippen LogP contribution >= 0.6 is 0 Å². The first-order valence-corrected chi connectivity index (χ1v) is 10.4. The molecule has 4 heteroatoms. The fourth-order valence-corrected chi connectivity index (χ4v) is 4.09. The van der Waals surface area contributed by atoms with Crippen LogP contribution in [0.5, 0.6) is 0 Å². The molecule has 0 radical (unpaired) electrons. The van der Waals surface area contributed by atoms with Crippen molar-refractivity contribution in [3.8, 4) is 0 Å². The van der Waals surface area contributed by atoms with Crippen LogP contribution in [-0.4, -0.2) is 30.3 Å². The minimum absolute atomic E-state index is 0.0968. The van der Waals surface area contributed by atoms with Gasteiger partial charge in [-0.3, -0.25) is 9.59 Å². The number of anilines is 1. The monoisotopic (exact) mass is 398 g/mol. The molecular weight excluding hydrogens is 372 g/mol. The fraction of sp³-hybridized carbons (Fsp3) is 0.231. The predicted molar refractivity (Wildman–Crippen MR) is 119 cm³/mol. The Morgan fingerprint density at radius 3 is 2.20 bits per heavy atom. The number of hydrogen-bond acceptors (Lipinski definition) is 2. The molecule has 0 aliphatic carbocycles. The quantitative estimate of drug-likeness (QED) is 0.581. The van der Waals surface area contributed by atoms with Crippen molar-refractivity contribution < 1.29 is 9.59 Å². The lowest BCUT2D eigenvalue weighted by Crippen LogP contribution is -2.38. The number of nitrogens with zero attached hydrogens (tertiary/aromatic N) is 2. The molecule has 3 aromatic rings. The third kappa shape index (κ3) is 4.28. The summed E-state index contributed by atoms with van der Waals surface area (Å²) >= 11 is 0. The van der Waals surface area contributed by atoms with Crippen molar-refractivity contribution in [2.24, 2.45) is 5.92 Å². The van der Waals surface area contributed by atoms with E-state index < -0.39 is 5.92 Å². The van der Waals surface area contributed by atoms with Gasteiger partial charge in [-0.2, -0.15) is 0 Å². The van der Waals surface area contributed by atoms with Crippen LogP contribution in [0, 0.1) is 5.92 Å². The van der Waals surface area contributed by atoms with Crippen LogP contribution in [0.4, 0.5) is 5.69 Å². The van der Waals surface area contributed by atoms with Gasteiger partial charge in [0.1, 0.15) is 5.92 Å². The van der Waals surface area contributed by atoms with Crippen molar-refractivity contribution in [1.29, 1.82) is 0 Å². The van der Waals surface area contributed by atoms with Crippen molar-refractivity contribution in [2.45, 2.75) is 19.4 Å². The summed E-state index contributed by atoms with van der Waals surface area (Å²) < 4.78 is 0. The van der Waals surface area contributed by atoms with E-state index in [1.54, 1.807) is 16.8 Å². The van der Waals surface area contributed by atoms with Crippen LogP contribution in [0.1, 0.15) is 23.1 Å². The maximum absolute atomic E-state index is 13.2. The van der Waals surface area contributed by atoms with E-state index in [-0.39, 0.29) is 11.8 Å². The fourth-order valence-electron chi connectivity index (χ4n) is 4.09. The molecule has 0 unspecified atom stereocenters. The van der Waals surface area contributed by atoms with Crippen molar-refractivity contribution >= 4 is 17.5 Å². The third-order valence-corrected chi connectivity index (χ3v) is 5.66. The highest BCUT2D eigenvalue weighted by Gasteiger charge is 2.39. The average Bonchev–Trinajstić information content (AvgIpc) is 3.16. The number of para-hydroxylation sites is 1. The number of carbonyl (C=O) groups excluding carboxylic acids is 2. The van der Waals surface area contributed by atoms with Gasteiger partial charge in [-0.05, 0) is 35.6 Å². The summed E-state index contributed by atoms with van der Waals surface area (Å²) in [6, 6.07) is 28.1. The first-order valence-electron chi connectivity index (χ1n) is 10.4. The van der Waals surface area contributed by atoms with Gasteiger partial charge < -0.3 is 9.80 Å². The van der Waals surface area contributed by atoms with E-state index in [9.17, 15) is 9.59 Å². The van der Waals surface area contributed by atoms with Crippen molar-refractivity contribution in [3.05, 3.63) is 102 Å². The molecule has 0 spiro atoms. The second kappa shape index (κ2) is 8.95. The van der Waals surface area contributed by atoms with Gasteiger partial charge in [-0.15, -0.1) is 0 Å². The zero-order valence-corrected chi connectivity index (χ0v) is 17.2. The minimum atomic E-state index is -0.608. The second-order valence-corrected chi connectivity index (χ2v) is 7.80. The smallest absolute Gasteiger partial charge is 0.239 e. The summed E-state index contributed by atoms with van der Waals surface area (Å²) in [5.41, 5.74) is 4.27. The number of carbonyl (C=O) groups is 2. The van der Waals surface area contributed by atoms with Crippen LogP contribution < -0.4 is 4.90 Å². The highest BCUT2D eigenvalue weighted by molar-refractivity contribution is 6.09. The van der Waals surface area contributed by atoms with Gasteiger partial charge in [-0.25, -0.2) is 0 Å². The zero-order chi connectivity index (χ0) is 20.9. The third-order valence-electron chi connectivity index (χ3n) is 5.66. The van der Waals surface area contributed by atoms with E-state index >= 15 is 0 Å². The lowest BCUT2D eigenvalue weighted by molar-refractivity contribution is -0.139. The molecular formula is C26H26N2O2. The Balaban J connectivity index is 1.49. The van der Waals surface area contributed by atoms with Crippen LogP contribution in [0.15, 0.2) is 84.9 Å². The van der Waals surface area contributed by atoms with Crippen LogP contribution in [0.3, 0.4) is 0 Å². The minimum Gasteiger partial charge on any atom is -0.341 e. The lowest BCUT2D eigenvalue weighted by Gasteiger charge is -2.23. The Hall–Kier alpha value is -3.40. The zero-order valence-electron chi connectivity index (χ0n) is 17.2. The molecule has 1 atom stereocenters. The van der Waals surface area contributed by atoms with Gasteiger partial charge in [-0.1, -0.05) is 78.9 Å². The van der Waals surface area contributed by atoms with Crippen LogP contribution in [0.25, 0.3) is 0 Å². The van der Waals surface area contributed by atoms with Gasteiger partial charge in [0.15, 0.2) is 0 Å². The molecule has 1 saturated heterocycles. The highest BCUT2D eigenvalue weighted by atomic mass is 16.2. The molecule has 2 amide bonds. The molecule has 1 aliphatic rings. The van der Waals surface area contributed by atoms with Gasteiger partial charge >= 0.3 is 0 Å². The van der Waals surface area contributed by atoms with E-state index in [4.69, 9.17) is 0 Å². The Morgan fingerprint density at radius 1 is 0.900 bits per heavy atom. The number of hydrogen-bond donors (Lipinski definition) is 0. The number of amides is 2. The van der Waals surface area contributed by atoms with E-state index in [1.807, 2.05) is 66.7 Å². The largest absolute Gasteiger partial charge is 0.341 e. The van der Waals surface area contributed by atoms with Gasteiger partial charge in [0.25, 0.3) is 0 Å². The Morgan fingerprint density at radius 2 is 1.50 bits per heavy atom. The molecule has 0 N–H and O–H groups in total. The van der Waals surface area contributed by atoms with Gasteiger partial charge in [0.2, 0.25) is 11.8 Å². The topological polar surface area (TPSA) is 40.6 Å². The molecule has 0 aromatic heterocycles. The lowest BCUT2D eigenvalue weighted by atomic mass is 10.0.